The minimum Gasteiger partial charge on any atom is -0.462 e. The number of anilines is 1. The van der Waals surface area contributed by atoms with E-state index in [1.54, 1.807) is 19.1 Å². The molecule has 0 bridgehead atoms. The highest BCUT2D eigenvalue weighted by atomic mass is 35.5. The van der Waals surface area contributed by atoms with E-state index in [4.69, 9.17) is 16.3 Å². The van der Waals surface area contributed by atoms with E-state index in [9.17, 15) is 9.59 Å². The molecule has 1 aromatic rings. The normalized spacial score (nSPS) is 20.1. The number of esters is 1. The van der Waals surface area contributed by atoms with Crippen LogP contribution in [0.2, 0.25) is 5.02 Å². The molecule has 28 heavy (non-hydrogen) atoms. The largest absolute Gasteiger partial charge is 0.462 e. The van der Waals surface area contributed by atoms with Crippen molar-refractivity contribution in [2.24, 2.45) is 0 Å². The van der Waals surface area contributed by atoms with Crippen molar-refractivity contribution >= 4 is 29.2 Å². The van der Waals surface area contributed by atoms with E-state index in [1.807, 2.05) is 6.92 Å². The van der Waals surface area contributed by atoms with E-state index in [1.165, 1.54) is 19.3 Å². The van der Waals surface area contributed by atoms with Crippen LogP contribution in [0.1, 0.15) is 68.3 Å². The summed E-state index contributed by atoms with van der Waals surface area (Å²) in [7, 11) is 0. The number of hydrogen-bond acceptors (Lipinski definition) is 3. The molecule has 0 radical (unpaired) electrons. The van der Waals surface area contributed by atoms with Crippen LogP contribution < -0.4 is 5.32 Å². The van der Waals surface area contributed by atoms with E-state index in [0.29, 0.717) is 16.3 Å². The first kappa shape index (κ1) is 21.1. The molecule has 1 saturated heterocycles. The Labute approximate surface area is 173 Å². The fraction of sp³-hybridized carbons (Fsp3) is 0.636. The second-order valence-electron chi connectivity index (χ2n) is 8.17. The lowest BCUT2D eigenvalue weighted by atomic mass is 9.71. The summed E-state index contributed by atoms with van der Waals surface area (Å²) >= 11 is 6.17. The maximum atomic E-state index is 13.6. The van der Waals surface area contributed by atoms with Gasteiger partial charge in [-0.2, -0.15) is 0 Å². The Bertz CT molecular complexity index is 752. The number of aryl methyl sites for hydroxylation is 1. The number of ether oxygens (including phenoxy) is 1. The summed E-state index contributed by atoms with van der Waals surface area (Å²) in [6.07, 6.45) is 6.51. The summed E-state index contributed by atoms with van der Waals surface area (Å²) in [5.41, 5.74) is 1.26. The molecule has 0 atom stereocenters. The predicted molar refractivity (Wildman–Crippen MR) is 112 cm³/mol. The highest BCUT2D eigenvalue weighted by Gasteiger charge is 2.59. The van der Waals surface area contributed by atoms with Crippen molar-refractivity contribution in [3.63, 3.8) is 0 Å². The average molecular weight is 408 g/mol. The van der Waals surface area contributed by atoms with Crippen LogP contribution in [0.4, 0.5) is 5.69 Å². The van der Waals surface area contributed by atoms with Crippen molar-refractivity contribution in [3.8, 4) is 0 Å². The van der Waals surface area contributed by atoms with Crippen LogP contribution in [0, 0.1) is 6.92 Å². The zero-order chi connectivity index (χ0) is 20.4. The Morgan fingerprint density at radius 1 is 1.14 bits per heavy atom. The molecule has 1 N–H and O–H groups in total. The average Bonchev–Trinajstić information content (AvgIpc) is 2.63. The third kappa shape index (κ3) is 3.55. The highest BCUT2D eigenvalue weighted by molar-refractivity contribution is 6.31. The minimum absolute atomic E-state index is 0.0403. The Kier molecular flexibility index (Phi) is 6.35. The Morgan fingerprint density at radius 3 is 2.36 bits per heavy atom. The van der Waals surface area contributed by atoms with Gasteiger partial charge in [0.2, 0.25) is 0 Å². The number of quaternary nitrogens is 1. The number of rotatable bonds is 6. The Morgan fingerprint density at radius 2 is 1.82 bits per heavy atom. The third-order valence-corrected chi connectivity index (χ3v) is 7.04. The Balaban J connectivity index is 1.95. The van der Waals surface area contributed by atoms with Crippen LogP contribution in [0.25, 0.3) is 0 Å². The fourth-order valence-electron chi connectivity index (χ4n) is 5.10. The molecule has 1 heterocycles. The molecular formula is C22H32ClN2O3+. The fourth-order valence-corrected chi connectivity index (χ4v) is 5.37. The van der Waals surface area contributed by atoms with E-state index < -0.39 is 5.97 Å². The van der Waals surface area contributed by atoms with Crippen molar-refractivity contribution < 1.29 is 18.8 Å². The summed E-state index contributed by atoms with van der Waals surface area (Å²) < 4.78 is 6.07. The third-order valence-electron chi connectivity index (χ3n) is 6.82. The van der Waals surface area contributed by atoms with Gasteiger partial charge < -0.3 is 14.5 Å². The van der Waals surface area contributed by atoms with Crippen LogP contribution in [0.15, 0.2) is 12.1 Å². The number of nitrogens with one attached hydrogen (secondary N) is 1. The first-order valence-electron chi connectivity index (χ1n) is 10.5. The van der Waals surface area contributed by atoms with Gasteiger partial charge in [-0.15, -0.1) is 0 Å². The van der Waals surface area contributed by atoms with Crippen molar-refractivity contribution in [1.82, 2.24) is 0 Å². The standard InChI is InChI=1S/C22H31ClN2O3/c1-4-25(12-7-6-8-13-25)22(10-9-11-22)21(27)24-19-16(3)14-17(23)15-18(19)20(26)28-5-2/h14-15H,4-13H2,1-3H3/p+1. The quantitative estimate of drug-likeness (QED) is 0.549. The molecule has 0 unspecified atom stereocenters. The highest BCUT2D eigenvalue weighted by Crippen LogP contribution is 2.46. The van der Waals surface area contributed by atoms with E-state index in [-0.39, 0.29) is 18.1 Å². The summed E-state index contributed by atoms with van der Waals surface area (Å²) in [6.45, 7) is 9.21. The first-order chi connectivity index (χ1) is 13.4. The second kappa shape index (κ2) is 8.42. The van der Waals surface area contributed by atoms with Gasteiger partial charge in [-0.25, -0.2) is 4.79 Å². The number of halogens is 1. The van der Waals surface area contributed by atoms with Crippen LogP contribution in [0.3, 0.4) is 0 Å². The number of amides is 1. The number of carbonyl (C=O) groups is 2. The van der Waals surface area contributed by atoms with Crippen LogP contribution >= 0.6 is 11.6 Å². The van der Waals surface area contributed by atoms with Gasteiger partial charge in [0.05, 0.1) is 37.5 Å². The van der Waals surface area contributed by atoms with Crippen LogP contribution in [0.5, 0.6) is 0 Å². The van der Waals surface area contributed by atoms with Gasteiger partial charge in [0.15, 0.2) is 5.54 Å². The maximum absolute atomic E-state index is 13.6. The number of likely N-dealkylation sites (N-methyl/N-ethyl adjacent to an activating group) is 1. The van der Waals surface area contributed by atoms with Crippen molar-refractivity contribution in [2.75, 3.05) is 31.6 Å². The monoisotopic (exact) mass is 407 g/mol. The van der Waals surface area contributed by atoms with Crippen molar-refractivity contribution in [3.05, 3.63) is 28.3 Å². The van der Waals surface area contributed by atoms with Gasteiger partial charge in [0.25, 0.3) is 5.91 Å². The number of benzene rings is 1. The Hall–Kier alpha value is -1.59. The molecule has 3 rings (SSSR count). The summed E-state index contributed by atoms with van der Waals surface area (Å²) in [5.74, 6) is -0.415. The summed E-state index contributed by atoms with van der Waals surface area (Å²) in [6, 6.07) is 3.36. The zero-order valence-corrected chi connectivity index (χ0v) is 18.0. The molecule has 2 fully saturated rings. The number of piperidine rings is 1. The molecule has 0 spiro atoms. The first-order valence-corrected chi connectivity index (χ1v) is 10.9. The lowest BCUT2D eigenvalue weighted by Gasteiger charge is -2.57. The van der Waals surface area contributed by atoms with E-state index >= 15 is 0 Å². The molecule has 0 aromatic heterocycles. The predicted octanol–water partition coefficient (Wildman–Crippen LogP) is 4.71. The van der Waals surface area contributed by atoms with Crippen molar-refractivity contribution in [2.45, 2.75) is 64.8 Å². The number of nitrogens with zero attached hydrogens (tertiary/aromatic N) is 1. The molecule has 2 aliphatic rings. The topological polar surface area (TPSA) is 55.4 Å². The number of carbonyl (C=O) groups excluding carboxylic acids is 2. The van der Waals surface area contributed by atoms with Crippen LogP contribution in [-0.2, 0) is 9.53 Å². The lowest BCUT2D eigenvalue weighted by Crippen LogP contribution is -2.73. The molecule has 1 aromatic carbocycles. The summed E-state index contributed by atoms with van der Waals surface area (Å²) in [4.78, 5) is 26.1. The van der Waals surface area contributed by atoms with Gasteiger partial charge in [-0.05, 0) is 64.2 Å². The van der Waals surface area contributed by atoms with Crippen molar-refractivity contribution in [1.29, 1.82) is 0 Å². The number of likely N-dealkylation sites (tertiary alicyclic amines) is 1. The van der Waals surface area contributed by atoms with Crippen LogP contribution in [-0.4, -0.2) is 48.1 Å². The minimum atomic E-state index is -0.455. The molecule has 1 aliphatic heterocycles. The maximum Gasteiger partial charge on any atom is 0.340 e. The molecule has 1 saturated carbocycles. The molecular weight excluding hydrogens is 376 g/mol. The van der Waals surface area contributed by atoms with Gasteiger partial charge >= 0.3 is 5.97 Å². The molecule has 1 amide bonds. The second-order valence-corrected chi connectivity index (χ2v) is 8.61. The lowest BCUT2D eigenvalue weighted by molar-refractivity contribution is -0.974. The van der Waals surface area contributed by atoms with E-state index in [2.05, 4.69) is 12.2 Å². The van der Waals surface area contributed by atoms with Gasteiger partial charge in [-0.3, -0.25) is 4.79 Å². The molecule has 6 heteroatoms. The molecule has 5 nitrogen and oxygen atoms in total. The smallest absolute Gasteiger partial charge is 0.340 e. The van der Waals surface area contributed by atoms with E-state index in [0.717, 1.165) is 48.9 Å². The SMILES string of the molecule is CCOC(=O)c1cc(Cl)cc(C)c1NC(=O)C1([N+]2(CC)CCCCC2)CCC1. The molecule has 1 aliphatic carbocycles. The molecule has 154 valence electrons. The van der Waals surface area contributed by atoms with Gasteiger partial charge in [0, 0.05) is 17.9 Å². The summed E-state index contributed by atoms with van der Waals surface area (Å²) in [5, 5.41) is 3.59. The van der Waals surface area contributed by atoms with Gasteiger partial charge in [0.1, 0.15) is 0 Å². The van der Waals surface area contributed by atoms with Gasteiger partial charge in [-0.1, -0.05) is 11.6 Å². The number of hydrogen-bond donors (Lipinski definition) is 1. The zero-order valence-electron chi connectivity index (χ0n) is 17.3.